The third-order valence-electron chi connectivity index (χ3n) is 4.98. The molecule has 2 amide bonds. The van der Waals surface area contributed by atoms with Crippen molar-refractivity contribution in [3.63, 3.8) is 0 Å². The number of urea groups is 1. The summed E-state index contributed by atoms with van der Waals surface area (Å²) in [5.41, 5.74) is 0.646. The number of aromatic nitrogens is 1. The number of carbonyl (C=O) groups excluding carboxylic acids is 1. The highest BCUT2D eigenvalue weighted by molar-refractivity contribution is 5.80. The SMILES string of the molecule is Cn1c(=O)c(CNC(=O)N2C[C@@H](C(F)(F)F)[C@H](C(=O)O)C2)cc2ccccc21. The summed E-state index contributed by atoms with van der Waals surface area (Å²) >= 11 is 0. The van der Waals surface area contributed by atoms with Crippen LogP contribution in [-0.2, 0) is 18.4 Å². The molecule has 150 valence electrons. The van der Waals surface area contributed by atoms with E-state index in [2.05, 4.69) is 5.32 Å². The molecule has 0 aliphatic carbocycles. The molecule has 0 spiro atoms. The molecule has 2 N–H and O–H groups in total. The number of aryl methyl sites for hydroxylation is 1. The van der Waals surface area contributed by atoms with Crippen molar-refractivity contribution in [1.29, 1.82) is 0 Å². The van der Waals surface area contributed by atoms with Crippen molar-refractivity contribution in [1.82, 2.24) is 14.8 Å². The van der Waals surface area contributed by atoms with Crippen LogP contribution in [0.2, 0.25) is 0 Å². The average molecular weight is 397 g/mol. The minimum atomic E-state index is -4.72. The number of para-hydroxylation sites is 1. The second-order valence-electron chi connectivity index (χ2n) is 6.75. The quantitative estimate of drug-likeness (QED) is 0.828. The number of likely N-dealkylation sites (tertiary alicyclic amines) is 1. The van der Waals surface area contributed by atoms with Gasteiger partial charge in [-0.3, -0.25) is 9.59 Å². The maximum Gasteiger partial charge on any atom is 0.394 e. The van der Waals surface area contributed by atoms with Crippen LogP contribution in [0.5, 0.6) is 0 Å². The van der Waals surface area contributed by atoms with Gasteiger partial charge in [0, 0.05) is 32.2 Å². The predicted molar refractivity (Wildman–Crippen MR) is 93.7 cm³/mol. The molecular formula is C18H18F3N3O4. The van der Waals surface area contributed by atoms with E-state index in [1.807, 2.05) is 0 Å². The molecule has 1 saturated heterocycles. The summed E-state index contributed by atoms with van der Waals surface area (Å²) in [6.07, 6.45) is -4.72. The zero-order valence-corrected chi connectivity index (χ0v) is 14.9. The van der Waals surface area contributed by atoms with Gasteiger partial charge in [-0.05, 0) is 17.5 Å². The molecule has 7 nitrogen and oxygen atoms in total. The number of fused-ring (bicyclic) bond motifs is 1. The molecule has 3 rings (SSSR count). The summed E-state index contributed by atoms with van der Waals surface area (Å²) in [5, 5.41) is 12.2. The second-order valence-corrected chi connectivity index (χ2v) is 6.75. The smallest absolute Gasteiger partial charge is 0.394 e. The van der Waals surface area contributed by atoms with Crippen LogP contribution in [0, 0.1) is 11.8 Å². The van der Waals surface area contributed by atoms with E-state index in [1.165, 1.54) is 4.57 Å². The van der Waals surface area contributed by atoms with Crippen LogP contribution in [0.25, 0.3) is 10.9 Å². The second kappa shape index (κ2) is 7.17. The Morgan fingerprint density at radius 1 is 1.25 bits per heavy atom. The molecule has 1 fully saturated rings. The number of carboxylic acids is 1. The number of hydrogen-bond acceptors (Lipinski definition) is 3. The number of alkyl halides is 3. The van der Waals surface area contributed by atoms with Gasteiger partial charge < -0.3 is 19.9 Å². The number of carbonyl (C=O) groups is 2. The number of carboxylic acid groups (broad SMARTS) is 1. The zero-order valence-electron chi connectivity index (χ0n) is 14.9. The molecule has 0 bridgehead atoms. The minimum absolute atomic E-state index is 0.179. The first-order chi connectivity index (χ1) is 13.1. The highest BCUT2D eigenvalue weighted by Crippen LogP contribution is 2.37. The third-order valence-corrected chi connectivity index (χ3v) is 4.98. The number of halogens is 3. The van der Waals surface area contributed by atoms with E-state index in [1.54, 1.807) is 37.4 Å². The van der Waals surface area contributed by atoms with Gasteiger partial charge in [-0.1, -0.05) is 18.2 Å². The Hall–Kier alpha value is -3.04. The molecule has 2 heterocycles. The zero-order chi connectivity index (χ0) is 20.6. The first kappa shape index (κ1) is 19.7. The molecule has 2 atom stereocenters. The molecule has 1 aromatic heterocycles. The number of nitrogens with zero attached hydrogens (tertiary/aromatic N) is 2. The molecule has 0 saturated carbocycles. The Labute approximate surface area is 157 Å². The van der Waals surface area contributed by atoms with Crippen LogP contribution in [-0.4, -0.2) is 45.8 Å². The van der Waals surface area contributed by atoms with Gasteiger partial charge in [-0.25, -0.2) is 4.79 Å². The van der Waals surface area contributed by atoms with Crippen molar-refractivity contribution in [3.8, 4) is 0 Å². The molecule has 0 unspecified atom stereocenters. The van der Waals surface area contributed by atoms with Crippen molar-refractivity contribution in [2.75, 3.05) is 13.1 Å². The van der Waals surface area contributed by atoms with Gasteiger partial charge in [0.15, 0.2) is 0 Å². The number of rotatable bonds is 3. The van der Waals surface area contributed by atoms with E-state index in [0.29, 0.717) is 5.52 Å². The number of pyridine rings is 1. The van der Waals surface area contributed by atoms with Crippen molar-refractivity contribution in [2.24, 2.45) is 18.9 Å². The fourth-order valence-electron chi connectivity index (χ4n) is 3.45. The summed E-state index contributed by atoms with van der Waals surface area (Å²) < 4.78 is 40.5. The van der Waals surface area contributed by atoms with Crippen LogP contribution in [0.1, 0.15) is 5.56 Å². The van der Waals surface area contributed by atoms with Crippen LogP contribution in [0.4, 0.5) is 18.0 Å². The summed E-state index contributed by atoms with van der Waals surface area (Å²) in [6, 6.07) is 7.92. The largest absolute Gasteiger partial charge is 0.481 e. The van der Waals surface area contributed by atoms with E-state index in [-0.39, 0.29) is 17.7 Å². The average Bonchev–Trinajstić information content (AvgIpc) is 3.09. The Kier molecular flexibility index (Phi) is 5.05. The van der Waals surface area contributed by atoms with Gasteiger partial charge in [0.05, 0.1) is 17.4 Å². The summed E-state index contributed by atoms with van der Waals surface area (Å²) in [5.74, 6) is -5.43. The van der Waals surface area contributed by atoms with Crippen LogP contribution in [0.3, 0.4) is 0 Å². The third kappa shape index (κ3) is 3.67. The molecule has 1 aliphatic rings. The van der Waals surface area contributed by atoms with Gasteiger partial charge >= 0.3 is 18.2 Å². The van der Waals surface area contributed by atoms with E-state index in [4.69, 9.17) is 5.11 Å². The number of nitrogens with one attached hydrogen (secondary N) is 1. The molecule has 28 heavy (non-hydrogen) atoms. The lowest BCUT2D eigenvalue weighted by Gasteiger charge is -2.19. The fraction of sp³-hybridized carbons (Fsp3) is 0.389. The van der Waals surface area contributed by atoms with E-state index >= 15 is 0 Å². The standard InChI is InChI=1S/C18H18F3N3O4/c1-23-14-5-3-2-4-10(14)6-11(15(23)25)7-22-17(28)24-8-12(16(26)27)13(9-24)18(19,20)21/h2-6,12-13H,7-9H2,1H3,(H,22,28)(H,26,27)/t12-,13-/m1/s1. The summed E-state index contributed by atoms with van der Waals surface area (Å²) in [7, 11) is 1.59. The van der Waals surface area contributed by atoms with E-state index in [9.17, 15) is 27.6 Å². The summed E-state index contributed by atoms with van der Waals surface area (Å²) in [6.45, 7) is -1.45. The maximum absolute atomic E-state index is 13.0. The van der Waals surface area contributed by atoms with Gasteiger partial charge in [0.2, 0.25) is 0 Å². The predicted octanol–water partition coefficient (Wildman–Crippen LogP) is 1.94. The van der Waals surface area contributed by atoms with Gasteiger partial charge in [-0.15, -0.1) is 0 Å². The lowest BCUT2D eigenvalue weighted by molar-refractivity contribution is -0.187. The Morgan fingerprint density at radius 3 is 2.54 bits per heavy atom. The van der Waals surface area contributed by atoms with Crippen LogP contribution >= 0.6 is 0 Å². The van der Waals surface area contributed by atoms with Crippen molar-refractivity contribution < 1.29 is 27.9 Å². The highest BCUT2D eigenvalue weighted by Gasteiger charge is 2.53. The van der Waals surface area contributed by atoms with Crippen molar-refractivity contribution in [3.05, 3.63) is 46.2 Å². The molecule has 1 aromatic carbocycles. The number of hydrogen-bond donors (Lipinski definition) is 2. The highest BCUT2D eigenvalue weighted by atomic mass is 19.4. The Bertz CT molecular complexity index is 986. The summed E-state index contributed by atoms with van der Waals surface area (Å²) in [4.78, 5) is 36.6. The van der Waals surface area contributed by atoms with Crippen molar-refractivity contribution in [2.45, 2.75) is 12.7 Å². The Balaban J connectivity index is 1.74. The van der Waals surface area contributed by atoms with Crippen LogP contribution < -0.4 is 10.9 Å². The van der Waals surface area contributed by atoms with Gasteiger partial charge in [-0.2, -0.15) is 13.2 Å². The molecule has 0 radical (unpaired) electrons. The lowest BCUT2D eigenvalue weighted by atomic mass is 9.96. The van der Waals surface area contributed by atoms with Crippen LogP contribution in [0.15, 0.2) is 35.1 Å². The van der Waals surface area contributed by atoms with Gasteiger partial charge in [0.25, 0.3) is 5.56 Å². The number of amides is 2. The Morgan fingerprint density at radius 2 is 1.93 bits per heavy atom. The first-order valence-corrected chi connectivity index (χ1v) is 8.49. The molecule has 1 aliphatic heterocycles. The van der Waals surface area contributed by atoms with E-state index < -0.39 is 43.1 Å². The molecule has 10 heteroatoms. The number of aliphatic carboxylic acids is 1. The molecule has 2 aromatic rings. The lowest BCUT2D eigenvalue weighted by Crippen LogP contribution is -2.40. The molecular weight excluding hydrogens is 379 g/mol. The normalized spacial score (nSPS) is 19.8. The maximum atomic E-state index is 13.0. The minimum Gasteiger partial charge on any atom is -0.481 e. The topological polar surface area (TPSA) is 91.6 Å². The first-order valence-electron chi connectivity index (χ1n) is 8.49. The number of benzene rings is 1. The van der Waals surface area contributed by atoms with Crippen molar-refractivity contribution >= 4 is 22.9 Å². The fourth-order valence-corrected chi connectivity index (χ4v) is 3.45. The monoisotopic (exact) mass is 397 g/mol. The van der Waals surface area contributed by atoms with Gasteiger partial charge in [0.1, 0.15) is 0 Å². The van der Waals surface area contributed by atoms with E-state index in [0.717, 1.165) is 10.3 Å².